The van der Waals surface area contributed by atoms with E-state index in [2.05, 4.69) is 0 Å². The maximum absolute atomic E-state index is 12.8. The van der Waals surface area contributed by atoms with Crippen molar-refractivity contribution in [2.75, 3.05) is 18.6 Å². The molecule has 2 aromatic rings. The summed E-state index contributed by atoms with van der Waals surface area (Å²) in [5.41, 5.74) is 3.22. The maximum atomic E-state index is 12.8. The lowest BCUT2D eigenvalue weighted by Gasteiger charge is -2.30. The normalized spacial score (nSPS) is 13.4. The highest BCUT2D eigenvalue weighted by Crippen LogP contribution is 2.30. The quantitative estimate of drug-likeness (QED) is 0.815. The number of fused-ring (bicyclic) bond motifs is 1. The zero-order chi connectivity index (χ0) is 16.4. The number of aryl methyl sites for hydroxylation is 1. The molecule has 118 valence electrons. The monoisotopic (exact) mass is 309 g/mol. The second-order valence-corrected chi connectivity index (χ2v) is 5.69. The van der Waals surface area contributed by atoms with E-state index < -0.39 is 0 Å². The lowest BCUT2D eigenvalue weighted by molar-refractivity contribution is 0.0981. The third kappa shape index (κ3) is 2.97. The summed E-state index contributed by atoms with van der Waals surface area (Å²) < 4.78 is 5.13. The Kier molecular flexibility index (Phi) is 4.15. The second kappa shape index (κ2) is 6.24. The van der Waals surface area contributed by atoms with Crippen molar-refractivity contribution in [1.29, 1.82) is 0 Å². The fraction of sp³-hybridized carbons (Fsp3) is 0.263. The second-order valence-electron chi connectivity index (χ2n) is 5.69. The molecule has 0 atom stereocenters. The Balaban J connectivity index is 1.96. The van der Waals surface area contributed by atoms with E-state index in [0.29, 0.717) is 17.7 Å². The number of hydrogen-bond donors (Lipinski definition) is 0. The van der Waals surface area contributed by atoms with Gasteiger partial charge < -0.3 is 9.64 Å². The molecule has 0 saturated heterocycles. The number of benzene rings is 2. The first kappa shape index (κ1) is 15.3. The average molecular weight is 309 g/mol. The van der Waals surface area contributed by atoms with Gasteiger partial charge in [0.25, 0.3) is 5.91 Å². The molecule has 3 rings (SSSR count). The Morgan fingerprint density at radius 2 is 1.74 bits per heavy atom. The molecule has 1 heterocycles. The summed E-state index contributed by atoms with van der Waals surface area (Å²) in [5.74, 6) is 0.684. The van der Waals surface area contributed by atoms with Gasteiger partial charge in [-0.05, 0) is 55.7 Å². The smallest absolute Gasteiger partial charge is 0.258 e. The number of nitrogens with zero attached hydrogens (tertiary/aromatic N) is 1. The number of methoxy groups -OCH3 is 1. The first-order valence-electron chi connectivity index (χ1n) is 7.70. The molecule has 2 aromatic carbocycles. The van der Waals surface area contributed by atoms with Crippen molar-refractivity contribution >= 4 is 17.4 Å². The third-order valence-electron chi connectivity index (χ3n) is 4.19. The molecule has 0 N–H and O–H groups in total. The fourth-order valence-corrected chi connectivity index (χ4v) is 2.89. The van der Waals surface area contributed by atoms with Crippen LogP contribution in [0.25, 0.3) is 0 Å². The molecule has 0 aromatic heterocycles. The highest BCUT2D eigenvalue weighted by molar-refractivity contribution is 6.07. The van der Waals surface area contributed by atoms with Crippen molar-refractivity contribution in [3.8, 4) is 5.75 Å². The summed E-state index contributed by atoms with van der Waals surface area (Å²) in [6.07, 6.45) is 1.86. The lowest BCUT2D eigenvalue weighted by atomic mass is 9.97. The molecule has 0 unspecified atom stereocenters. The van der Waals surface area contributed by atoms with Gasteiger partial charge >= 0.3 is 0 Å². The molecule has 4 heteroatoms. The first-order valence-corrected chi connectivity index (χ1v) is 7.70. The van der Waals surface area contributed by atoms with Crippen LogP contribution in [-0.2, 0) is 6.42 Å². The summed E-state index contributed by atoms with van der Waals surface area (Å²) in [6, 6.07) is 12.7. The van der Waals surface area contributed by atoms with Gasteiger partial charge in [0.15, 0.2) is 5.78 Å². The number of carbonyl (C=O) groups excluding carboxylic acids is 2. The Bertz CT molecular complexity index is 750. The summed E-state index contributed by atoms with van der Waals surface area (Å²) in [5, 5.41) is 0. The van der Waals surface area contributed by atoms with Crippen molar-refractivity contribution in [3.63, 3.8) is 0 Å². The Morgan fingerprint density at radius 3 is 2.39 bits per heavy atom. The molecule has 0 aliphatic carbocycles. The van der Waals surface area contributed by atoms with Crippen LogP contribution in [-0.4, -0.2) is 25.3 Å². The minimum absolute atomic E-state index is 0.00946. The van der Waals surface area contributed by atoms with Crippen LogP contribution in [0, 0.1) is 0 Å². The van der Waals surface area contributed by atoms with Gasteiger partial charge in [0.1, 0.15) is 5.75 Å². The van der Waals surface area contributed by atoms with E-state index >= 15 is 0 Å². The number of hydrogen-bond acceptors (Lipinski definition) is 3. The van der Waals surface area contributed by atoms with Gasteiger partial charge in [-0.15, -0.1) is 0 Å². The lowest BCUT2D eigenvalue weighted by Crippen LogP contribution is -2.35. The van der Waals surface area contributed by atoms with E-state index in [4.69, 9.17) is 4.74 Å². The number of ether oxygens (including phenoxy) is 1. The van der Waals surface area contributed by atoms with Crippen LogP contribution < -0.4 is 9.64 Å². The Labute approximate surface area is 135 Å². The van der Waals surface area contributed by atoms with Crippen LogP contribution in [0.2, 0.25) is 0 Å². The van der Waals surface area contributed by atoms with Crippen molar-refractivity contribution in [2.24, 2.45) is 0 Å². The molecular weight excluding hydrogens is 290 g/mol. The van der Waals surface area contributed by atoms with Crippen molar-refractivity contribution < 1.29 is 14.3 Å². The molecule has 0 bridgehead atoms. The van der Waals surface area contributed by atoms with E-state index in [1.807, 2.05) is 18.2 Å². The van der Waals surface area contributed by atoms with E-state index in [1.165, 1.54) is 0 Å². The topological polar surface area (TPSA) is 46.6 Å². The van der Waals surface area contributed by atoms with Crippen molar-refractivity contribution in [2.45, 2.75) is 19.8 Å². The predicted octanol–water partition coefficient (Wildman–Crippen LogP) is 3.49. The minimum atomic E-state index is -0.0469. The highest BCUT2D eigenvalue weighted by atomic mass is 16.5. The molecule has 23 heavy (non-hydrogen) atoms. The number of rotatable bonds is 3. The summed E-state index contributed by atoms with van der Waals surface area (Å²) in [6.45, 7) is 2.21. The van der Waals surface area contributed by atoms with Gasteiger partial charge in [0, 0.05) is 23.4 Å². The van der Waals surface area contributed by atoms with Crippen molar-refractivity contribution in [3.05, 3.63) is 59.2 Å². The molecule has 0 spiro atoms. The summed E-state index contributed by atoms with van der Waals surface area (Å²) in [7, 11) is 1.60. The number of carbonyl (C=O) groups is 2. The van der Waals surface area contributed by atoms with Gasteiger partial charge in [0.2, 0.25) is 0 Å². The van der Waals surface area contributed by atoms with Crippen LogP contribution in [0.5, 0.6) is 5.75 Å². The van der Waals surface area contributed by atoms with Crippen molar-refractivity contribution in [1.82, 2.24) is 0 Å². The molecule has 4 nitrogen and oxygen atoms in total. The Morgan fingerprint density at radius 1 is 1.04 bits per heavy atom. The van der Waals surface area contributed by atoms with Gasteiger partial charge in [0.05, 0.1) is 7.11 Å². The largest absolute Gasteiger partial charge is 0.497 e. The molecule has 1 amide bonds. The molecular formula is C19H19NO3. The van der Waals surface area contributed by atoms with E-state index in [9.17, 15) is 9.59 Å². The molecule has 1 aliphatic rings. The molecule has 0 radical (unpaired) electrons. The van der Waals surface area contributed by atoms with Crippen LogP contribution in [0.15, 0.2) is 42.5 Å². The molecule has 0 saturated carbocycles. The number of anilines is 1. The summed E-state index contributed by atoms with van der Waals surface area (Å²) >= 11 is 0. The number of Topliss-reactive ketones (excluding diaryl/α,β-unsaturated/α-hetero) is 1. The SMILES string of the molecule is COc1ccc(C(=O)N2CCCc3ccc(C(C)=O)cc32)cc1. The predicted molar refractivity (Wildman–Crippen MR) is 89.4 cm³/mol. The van der Waals surface area contributed by atoms with Gasteiger partial charge in [-0.1, -0.05) is 12.1 Å². The zero-order valence-electron chi connectivity index (χ0n) is 13.3. The fourth-order valence-electron chi connectivity index (χ4n) is 2.89. The minimum Gasteiger partial charge on any atom is -0.497 e. The standard InChI is InChI=1S/C19H19NO3/c1-13(21)16-6-5-14-4-3-11-20(18(14)12-16)19(22)15-7-9-17(23-2)10-8-15/h5-10,12H,3-4,11H2,1-2H3. The van der Waals surface area contributed by atoms with Crippen LogP contribution in [0.3, 0.4) is 0 Å². The number of amides is 1. The average Bonchev–Trinajstić information content (AvgIpc) is 2.60. The maximum Gasteiger partial charge on any atom is 0.258 e. The van der Waals surface area contributed by atoms with Gasteiger partial charge in [-0.2, -0.15) is 0 Å². The third-order valence-corrected chi connectivity index (χ3v) is 4.19. The number of ketones is 1. The highest BCUT2D eigenvalue weighted by Gasteiger charge is 2.24. The van der Waals surface area contributed by atoms with Gasteiger partial charge in [-0.25, -0.2) is 0 Å². The molecule has 1 aliphatic heterocycles. The zero-order valence-corrected chi connectivity index (χ0v) is 13.3. The first-order chi connectivity index (χ1) is 11.1. The van der Waals surface area contributed by atoms with Crippen LogP contribution >= 0.6 is 0 Å². The Hall–Kier alpha value is -2.62. The molecule has 0 fully saturated rings. The summed E-state index contributed by atoms with van der Waals surface area (Å²) in [4.78, 5) is 26.2. The van der Waals surface area contributed by atoms with E-state index in [0.717, 1.165) is 29.8 Å². The van der Waals surface area contributed by atoms with E-state index in [-0.39, 0.29) is 11.7 Å². The van der Waals surface area contributed by atoms with Gasteiger partial charge in [-0.3, -0.25) is 9.59 Å². The van der Waals surface area contributed by atoms with Crippen LogP contribution in [0.1, 0.15) is 39.6 Å². The van der Waals surface area contributed by atoms with E-state index in [1.54, 1.807) is 43.2 Å². The van der Waals surface area contributed by atoms with Crippen LogP contribution in [0.4, 0.5) is 5.69 Å².